The number of hydrogen-bond donors (Lipinski definition) is 0. The molecule has 142 valence electrons. The van der Waals surface area contributed by atoms with Crippen molar-refractivity contribution in [3.63, 3.8) is 0 Å². The molecule has 1 atom stereocenters. The van der Waals surface area contributed by atoms with Gasteiger partial charge in [-0.25, -0.2) is 0 Å². The lowest BCUT2D eigenvalue weighted by Crippen LogP contribution is -2.22. The summed E-state index contributed by atoms with van der Waals surface area (Å²) in [6.45, 7) is 4.82. The fraction of sp³-hybridized carbons (Fsp3) is 0.348. The fourth-order valence-electron chi connectivity index (χ4n) is 3.27. The van der Waals surface area contributed by atoms with Crippen molar-refractivity contribution in [2.75, 3.05) is 19.6 Å². The van der Waals surface area contributed by atoms with Gasteiger partial charge in [0, 0.05) is 0 Å². The molecule has 0 radical (unpaired) electrons. The number of benzene rings is 2. The van der Waals surface area contributed by atoms with Gasteiger partial charge < -0.3 is 4.74 Å². The number of nitrogens with zero attached hydrogens (tertiary/aromatic N) is 1. The molecule has 1 heterocycles. The van der Waals surface area contributed by atoms with Gasteiger partial charge in [0.1, 0.15) is 5.92 Å². The molecule has 0 aromatic heterocycles. The van der Waals surface area contributed by atoms with Gasteiger partial charge in [0.2, 0.25) is 0 Å². The van der Waals surface area contributed by atoms with Gasteiger partial charge in [-0.1, -0.05) is 72.5 Å². The molecule has 0 spiro atoms. The van der Waals surface area contributed by atoms with E-state index in [-0.39, 0.29) is 18.4 Å². The van der Waals surface area contributed by atoms with Gasteiger partial charge in [-0.05, 0) is 44.0 Å². The van der Waals surface area contributed by atoms with Crippen LogP contribution in [0.3, 0.4) is 0 Å². The van der Waals surface area contributed by atoms with Crippen LogP contribution in [0.25, 0.3) is 0 Å². The minimum absolute atomic E-state index is 0. The molecule has 3 rings (SSSR count). The molecule has 1 saturated heterocycles. The van der Waals surface area contributed by atoms with E-state index in [1.807, 2.05) is 67.6 Å². The number of rotatable bonds is 5. The van der Waals surface area contributed by atoms with Gasteiger partial charge >= 0.3 is 5.97 Å². The maximum absolute atomic E-state index is 12.9. The first-order chi connectivity index (χ1) is 12.7. The number of likely N-dealkylation sites (tertiary alicyclic amines) is 1. The van der Waals surface area contributed by atoms with E-state index in [9.17, 15) is 4.79 Å². The molecule has 0 bridgehead atoms. The molecule has 0 aliphatic carbocycles. The molecule has 0 saturated carbocycles. The van der Waals surface area contributed by atoms with E-state index in [1.165, 1.54) is 12.8 Å². The second-order valence-electron chi connectivity index (χ2n) is 6.64. The molecule has 2 aromatic rings. The third-order valence-corrected chi connectivity index (χ3v) is 4.60. The van der Waals surface area contributed by atoms with Crippen molar-refractivity contribution in [3.8, 4) is 11.8 Å². The smallest absolute Gasteiger partial charge is 0.319 e. The molecule has 0 N–H and O–H groups in total. The van der Waals surface area contributed by atoms with E-state index in [0.29, 0.717) is 0 Å². The number of halogens is 1. The van der Waals surface area contributed by atoms with Crippen molar-refractivity contribution < 1.29 is 9.53 Å². The molecular formula is C23H26ClNO2. The van der Waals surface area contributed by atoms with E-state index < -0.39 is 12.0 Å². The minimum Gasteiger partial charge on any atom is -0.449 e. The van der Waals surface area contributed by atoms with Crippen LogP contribution in [0.1, 0.15) is 36.8 Å². The molecule has 2 aromatic carbocycles. The Kier molecular flexibility index (Phi) is 8.39. The van der Waals surface area contributed by atoms with E-state index in [4.69, 9.17) is 4.74 Å². The number of ether oxygens (including phenoxy) is 1. The second kappa shape index (κ2) is 10.8. The lowest BCUT2D eigenvalue weighted by molar-refractivity contribution is -0.146. The summed E-state index contributed by atoms with van der Waals surface area (Å²) in [5.41, 5.74) is 1.86. The largest absolute Gasteiger partial charge is 0.449 e. The topological polar surface area (TPSA) is 29.5 Å². The third-order valence-electron chi connectivity index (χ3n) is 4.60. The Labute approximate surface area is 168 Å². The van der Waals surface area contributed by atoms with Crippen molar-refractivity contribution in [1.82, 2.24) is 4.90 Å². The molecule has 1 unspecified atom stereocenters. The number of carbonyl (C=O) groups excluding carboxylic acids is 1. The molecule has 1 aliphatic heterocycles. The average Bonchev–Trinajstić information content (AvgIpc) is 3.17. The van der Waals surface area contributed by atoms with E-state index in [1.54, 1.807) is 0 Å². The molecule has 3 nitrogen and oxygen atoms in total. The van der Waals surface area contributed by atoms with Crippen LogP contribution in [-0.2, 0) is 9.53 Å². The highest BCUT2D eigenvalue weighted by Gasteiger charge is 2.25. The summed E-state index contributed by atoms with van der Waals surface area (Å²) >= 11 is 0. The summed E-state index contributed by atoms with van der Waals surface area (Å²) in [5, 5.41) is 0. The van der Waals surface area contributed by atoms with Crippen molar-refractivity contribution in [3.05, 3.63) is 71.8 Å². The monoisotopic (exact) mass is 383 g/mol. The molecule has 1 aliphatic rings. The average molecular weight is 384 g/mol. The van der Waals surface area contributed by atoms with Crippen LogP contribution < -0.4 is 0 Å². The highest BCUT2D eigenvalue weighted by atomic mass is 35.5. The van der Waals surface area contributed by atoms with Crippen molar-refractivity contribution in [2.24, 2.45) is 0 Å². The Balaban J connectivity index is 0.00000261. The Morgan fingerprint density at radius 2 is 1.52 bits per heavy atom. The van der Waals surface area contributed by atoms with Crippen LogP contribution in [0.4, 0.5) is 0 Å². The fourth-order valence-corrected chi connectivity index (χ4v) is 3.27. The summed E-state index contributed by atoms with van der Waals surface area (Å²) in [4.78, 5) is 15.2. The van der Waals surface area contributed by atoms with E-state index >= 15 is 0 Å². The summed E-state index contributed by atoms with van der Waals surface area (Å²) in [5.74, 6) is 5.52. The van der Waals surface area contributed by atoms with Crippen LogP contribution in [0.15, 0.2) is 60.7 Å². The summed E-state index contributed by atoms with van der Waals surface area (Å²) < 4.78 is 5.65. The normalized spacial score (nSPS) is 14.7. The molecule has 27 heavy (non-hydrogen) atoms. The van der Waals surface area contributed by atoms with Crippen molar-refractivity contribution >= 4 is 18.4 Å². The second-order valence-corrected chi connectivity index (χ2v) is 6.64. The maximum Gasteiger partial charge on any atom is 0.319 e. The van der Waals surface area contributed by atoms with Gasteiger partial charge in [0.15, 0.2) is 6.10 Å². The summed E-state index contributed by atoms with van der Waals surface area (Å²) in [7, 11) is 0. The van der Waals surface area contributed by atoms with Gasteiger partial charge in [-0.15, -0.1) is 12.4 Å². The predicted molar refractivity (Wildman–Crippen MR) is 111 cm³/mol. The minimum atomic E-state index is -0.430. The Hall–Kier alpha value is -2.28. The Morgan fingerprint density at radius 3 is 2.04 bits per heavy atom. The first-order valence-corrected chi connectivity index (χ1v) is 9.25. The van der Waals surface area contributed by atoms with Crippen LogP contribution in [0, 0.1) is 11.8 Å². The lowest BCUT2D eigenvalue weighted by atomic mass is 9.91. The standard InChI is InChI=1S/C23H25NO2.ClH/c1-19(11-10-18-24-16-8-9-17-24)26-23(25)22(20-12-4-2-5-13-20)21-14-6-3-7-15-21;/h2-7,12-15,19,22H,8-9,16-18H2,1H3;1H. The van der Waals surface area contributed by atoms with Crippen molar-refractivity contribution in [2.45, 2.75) is 31.8 Å². The number of carbonyl (C=O) groups is 1. The Bertz CT molecular complexity index is 722. The number of hydrogen-bond acceptors (Lipinski definition) is 3. The summed E-state index contributed by atoms with van der Waals surface area (Å²) in [6.07, 6.45) is 2.09. The zero-order chi connectivity index (χ0) is 18.2. The molecule has 1 fully saturated rings. The SMILES string of the molecule is CC(C#CCN1CCCC1)OC(=O)C(c1ccccc1)c1ccccc1.Cl. The van der Waals surface area contributed by atoms with E-state index in [2.05, 4.69) is 16.7 Å². The van der Waals surface area contributed by atoms with Gasteiger partial charge in [-0.2, -0.15) is 0 Å². The first-order valence-electron chi connectivity index (χ1n) is 9.25. The maximum atomic E-state index is 12.9. The Morgan fingerprint density at radius 1 is 1.00 bits per heavy atom. The van der Waals surface area contributed by atoms with Gasteiger partial charge in [0.05, 0.1) is 6.54 Å². The van der Waals surface area contributed by atoms with Crippen LogP contribution in [-0.4, -0.2) is 36.6 Å². The highest BCUT2D eigenvalue weighted by molar-refractivity contribution is 5.85. The zero-order valence-electron chi connectivity index (χ0n) is 15.6. The predicted octanol–water partition coefficient (Wildman–Crippen LogP) is 4.27. The summed E-state index contributed by atoms with van der Waals surface area (Å²) in [6, 6.07) is 19.5. The molecule has 4 heteroatoms. The van der Waals surface area contributed by atoms with Crippen LogP contribution in [0.5, 0.6) is 0 Å². The first kappa shape index (κ1) is 21.0. The quantitative estimate of drug-likeness (QED) is 0.570. The third kappa shape index (κ3) is 6.13. The van der Waals surface area contributed by atoms with Crippen molar-refractivity contribution in [1.29, 1.82) is 0 Å². The molecular weight excluding hydrogens is 358 g/mol. The van der Waals surface area contributed by atoms with E-state index in [0.717, 1.165) is 30.8 Å². The zero-order valence-corrected chi connectivity index (χ0v) is 16.5. The van der Waals surface area contributed by atoms with Gasteiger partial charge in [0.25, 0.3) is 0 Å². The lowest BCUT2D eigenvalue weighted by Gasteiger charge is -2.18. The highest BCUT2D eigenvalue weighted by Crippen LogP contribution is 2.26. The van der Waals surface area contributed by atoms with Gasteiger partial charge in [-0.3, -0.25) is 9.69 Å². The van der Waals surface area contributed by atoms with Crippen LogP contribution in [0.2, 0.25) is 0 Å². The van der Waals surface area contributed by atoms with Crippen LogP contribution >= 0.6 is 12.4 Å². The molecule has 0 amide bonds. The number of esters is 1.